The first-order valence-electron chi connectivity index (χ1n) is 12.2. The Morgan fingerprint density at radius 3 is 2.32 bits per heavy atom. The molecule has 1 aromatic heterocycles. The van der Waals surface area contributed by atoms with Gasteiger partial charge in [-0.25, -0.2) is 0 Å². The molecule has 0 aliphatic carbocycles. The SMILES string of the molecule is Cc1noc(C)c1CC(=O)Nc1ccc(C2CCN(C(=O)/C=C/c3ccc(OC(F)(F)F)cc3)CC2)cc1. The van der Waals surface area contributed by atoms with E-state index in [1.807, 2.05) is 31.2 Å². The molecule has 0 atom stereocenters. The average molecular weight is 528 g/mol. The van der Waals surface area contributed by atoms with Crippen molar-refractivity contribution in [3.63, 3.8) is 0 Å². The van der Waals surface area contributed by atoms with Crippen LogP contribution < -0.4 is 10.1 Å². The van der Waals surface area contributed by atoms with Crippen LogP contribution in [0.25, 0.3) is 6.08 Å². The molecule has 7 nitrogen and oxygen atoms in total. The summed E-state index contributed by atoms with van der Waals surface area (Å²) < 4.78 is 45.8. The minimum Gasteiger partial charge on any atom is -0.406 e. The minimum atomic E-state index is -4.74. The monoisotopic (exact) mass is 527 g/mol. The summed E-state index contributed by atoms with van der Waals surface area (Å²) >= 11 is 0. The van der Waals surface area contributed by atoms with Gasteiger partial charge in [0.05, 0.1) is 12.1 Å². The first-order chi connectivity index (χ1) is 18.1. The van der Waals surface area contributed by atoms with Gasteiger partial charge in [-0.1, -0.05) is 29.4 Å². The Morgan fingerprint density at radius 2 is 1.74 bits per heavy atom. The zero-order valence-corrected chi connectivity index (χ0v) is 21.0. The molecule has 1 fully saturated rings. The number of carbonyl (C=O) groups excluding carboxylic acids is 2. The van der Waals surface area contributed by atoms with E-state index in [-0.39, 0.29) is 24.0 Å². The molecule has 0 radical (unpaired) electrons. The third kappa shape index (κ3) is 7.24. The van der Waals surface area contributed by atoms with Crippen molar-refractivity contribution in [3.05, 3.63) is 82.8 Å². The second kappa shape index (κ2) is 11.5. The second-order valence-electron chi connectivity index (χ2n) is 9.20. The molecule has 0 saturated carbocycles. The Kier molecular flexibility index (Phi) is 8.19. The summed E-state index contributed by atoms with van der Waals surface area (Å²) in [6.45, 7) is 4.79. The van der Waals surface area contributed by atoms with E-state index in [4.69, 9.17) is 4.52 Å². The number of nitrogens with one attached hydrogen (secondary N) is 1. The topological polar surface area (TPSA) is 84.7 Å². The predicted molar refractivity (Wildman–Crippen MR) is 135 cm³/mol. The maximum Gasteiger partial charge on any atom is 0.573 e. The molecule has 1 aliphatic heterocycles. The summed E-state index contributed by atoms with van der Waals surface area (Å²) in [5.74, 6) is 0.349. The van der Waals surface area contributed by atoms with Gasteiger partial charge in [-0.15, -0.1) is 13.2 Å². The van der Waals surface area contributed by atoms with Crippen LogP contribution >= 0.6 is 0 Å². The second-order valence-corrected chi connectivity index (χ2v) is 9.20. The highest BCUT2D eigenvalue weighted by molar-refractivity contribution is 5.92. The predicted octanol–water partition coefficient (Wildman–Crippen LogP) is 5.79. The molecule has 0 spiro atoms. The van der Waals surface area contributed by atoms with Crippen LogP contribution in [0.1, 0.15) is 46.9 Å². The molecule has 2 heterocycles. The van der Waals surface area contributed by atoms with Crippen molar-refractivity contribution in [1.82, 2.24) is 10.1 Å². The Balaban J connectivity index is 1.24. The van der Waals surface area contributed by atoms with Gasteiger partial charge in [-0.3, -0.25) is 9.59 Å². The van der Waals surface area contributed by atoms with Gasteiger partial charge < -0.3 is 19.5 Å². The van der Waals surface area contributed by atoms with Crippen LogP contribution in [-0.2, 0) is 16.0 Å². The van der Waals surface area contributed by atoms with Crippen molar-refractivity contribution in [1.29, 1.82) is 0 Å². The molecule has 2 amide bonds. The number of aryl methyl sites for hydroxylation is 2. The standard InChI is InChI=1S/C28H28F3N3O4/c1-18-25(19(2)38-33-18)17-26(35)32-23-8-6-21(7-9-23)22-13-15-34(16-14-22)27(36)12-5-20-3-10-24(11-4-20)37-28(29,30)31/h3-12,22H,13-17H2,1-2H3,(H,32,35)/b12-5+. The number of ether oxygens (including phenoxy) is 1. The Bertz CT molecular complexity index is 1270. The highest BCUT2D eigenvalue weighted by atomic mass is 19.4. The van der Waals surface area contributed by atoms with E-state index in [1.54, 1.807) is 17.9 Å². The number of likely N-dealkylation sites (tertiary alicyclic amines) is 1. The molecule has 1 saturated heterocycles. The number of hydrogen-bond donors (Lipinski definition) is 1. The van der Waals surface area contributed by atoms with Gasteiger partial charge in [0.15, 0.2) is 0 Å². The van der Waals surface area contributed by atoms with Crippen molar-refractivity contribution in [2.45, 2.75) is 45.4 Å². The fourth-order valence-electron chi connectivity index (χ4n) is 4.45. The largest absolute Gasteiger partial charge is 0.573 e. The van der Waals surface area contributed by atoms with Crippen LogP contribution in [-0.4, -0.2) is 41.3 Å². The van der Waals surface area contributed by atoms with E-state index in [2.05, 4.69) is 15.2 Å². The van der Waals surface area contributed by atoms with Gasteiger partial charge in [0.1, 0.15) is 11.5 Å². The molecule has 38 heavy (non-hydrogen) atoms. The molecule has 0 bridgehead atoms. The number of nitrogens with zero attached hydrogens (tertiary/aromatic N) is 2. The maximum atomic E-state index is 12.6. The van der Waals surface area contributed by atoms with Gasteiger partial charge in [-0.2, -0.15) is 0 Å². The average Bonchev–Trinajstić information content (AvgIpc) is 3.20. The summed E-state index contributed by atoms with van der Waals surface area (Å²) in [7, 11) is 0. The molecule has 10 heteroatoms. The normalized spacial score (nSPS) is 14.6. The first-order valence-corrected chi connectivity index (χ1v) is 12.2. The number of benzene rings is 2. The van der Waals surface area contributed by atoms with E-state index in [0.717, 1.165) is 24.0 Å². The van der Waals surface area contributed by atoms with Gasteiger partial charge in [0.25, 0.3) is 0 Å². The fourth-order valence-corrected chi connectivity index (χ4v) is 4.45. The van der Waals surface area contributed by atoms with Gasteiger partial charge in [-0.05, 0) is 74.1 Å². The number of carbonyl (C=O) groups is 2. The van der Waals surface area contributed by atoms with Crippen molar-refractivity contribution < 1.29 is 32.0 Å². The molecule has 3 aromatic rings. The van der Waals surface area contributed by atoms with Gasteiger partial charge in [0.2, 0.25) is 11.8 Å². The number of aromatic nitrogens is 1. The molecular weight excluding hydrogens is 499 g/mol. The van der Waals surface area contributed by atoms with Crippen LogP contribution in [0.3, 0.4) is 0 Å². The van der Waals surface area contributed by atoms with Crippen LogP contribution in [0.15, 0.2) is 59.1 Å². The van der Waals surface area contributed by atoms with Gasteiger partial charge >= 0.3 is 6.36 Å². The van der Waals surface area contributed by atoms with E-state index in [1.165, 1.54) is 30.3 Å². The number of hydrogen-bond acceptors (Lipinski definition) is 5. The lowest BCUT2D eigenvalue weighted by Crippen LogP contribution is -2.36. The Labute approximate surface area is 218 Å². The number of piperidine rings is 1. The summed E-state index contributed by atoms with van der Waals surface area (Å²) in [6, 6.07) is 13.1. The molecule has 0 unspecified atom stereocenters. The number of anilines is 1. The molecule has 1 N–H and O–H groups in total. The molecule has 2 aromatic carbocycles. The van der Waals surface area contributed by atoms with E-state index in [9.17, 15) is 22.8 Å². The molecule has 200 valence electrons. The number of alkyl halides is 3. The van der Waals surface area contributed by atoms with E-state index < -0.39 is 6.36 Å². The van der Waals surface area contributed by atoms with Crippen LogP contribution in [0.2, 0.25) is 0 Å². The Morgan fingerprint density at radius 1 is 1.08 bits per heavy atom. The zero-order chi connectivity index (χ0) is 27.3. The van der Waals surface area contributed by atoms with Crippen molar-refractivity contribution in [2.24, 2.45) is 0 Å². The summed E-state index contributed by atoms with van der Waals surface area (Å²) in [5, 5.41) is 6.78. The highest BCUT2D eigenvalue weighted by Crippen LogP contribution is 2.29. The van der Waals surface area contributed by atoms with Crippen molar-refractivity contribution >= 4 is 23.6 Å². The highest BCUT2D eigenvalue weighted by Gasteiger charge is 2.31. The molecule has 1 aliphatic rings. The lowest BCUT2D eigenvalue weighted by Gasteiger charge is -2.31. The zero-order valence-electron chi connectivity index (χ0n) is 21.0. The molecular formula is C28H28F3N3O4. The van der Waals surface area contributed by atoms with Crippen molar-refractivity contribution in [3.8, 4) is 5.75 Å². The molecule has 4 rings (SSSR count). The summed E-state index contributed by atoms with van der Waals surface area (Å²) in [4.78, 5) is 26.8. The first kappa shape index (κ1) is 27.0. The van der Waals surface area contributed by atoms with Crippen LogP contribution in [0.5, 0.6) is 5.75 Å². The number of amides is 2. The lowest BCUT2D eigenvalue weighted by molar-refractivity contribution is -0.274. The van der Waals surface area contributed by atoms with E-state index in [0.29, 0.717) is 41.7 Å². The van der Waals surface area contributed by atoms with Crippen LogP contribution in [0, 0.1) is 13.8 Å². The number of halogens is 3. The maximum absolute atomic E-state index is 12.6. The summed E-state index contributed by atoms with van der Waals surface area (Å²) in [6.07, 6.45) is 0.0722. The summed E-state index contributed by atoms with van der Waals surface area (Å²) in [5.41, 5.74) is 3.96. The van der Waals surface area contributed by atoms with Crippen LogP contribution in [0.4, 0.5) is 18.9 Å². The fraction of sp³-hybridized carbons (Fsp3) is 0.321. The Hall–Kier alpha value is -4.08. The van der Waals surface area contributed by atoms with E-state index >= 15 is 0 Å². The quantitative estimate of drug-likeness (QED) is 0.393. The number of rotatable bonds is 7. The third-order valence-electron chi connectivity index (χ3n) is 6.52. The smallest absolute Gasteiger partial charge is 0.406 e. The lowest BCUT2D eigenvalue weighted by atomic mass is 9.89. The van der Waals surface area contributed by atoms with Crippen molar-refractivity contribution in [2.75, 3.05) is 18.4 Å². The third-order valence-corrected chi connectivity index (χ3v) is 6.52. The minimum absolute atomic E-state index is 0.141. The van der Waals surface area contributed by atoms with Gasteiger partial charge in [0, 0.05) is 30.4 Å².